The van der Waals surface area contributed by atoms with E-state index in [1.807, 2.05) is 0 Å². The zero-order valence-electron chi connectivity index (χ0n) is 8.24. The summed E-state index contributed by atoms with van der Waals surface area (Å²) in [5.41, 5.74) is 5.25. The largest absolute Gasteiger partial charge is 0.346 e. The molecule has 0 aliphatic carbocycles. The molecule has 6 heteroatoms. The molecule has 4 N–H and O–H groups in total. The maximum atomic E-state index is 11.0. The second-order valence-corrected chi connectivity index (χ2v) is 3.00. The number of aldehydes is 1. The van der Waals surface area contributed by atoms with Gasteiger partial charge in [-0.3, -0.25) is 9.59 Å². The Morgan fingerprint density at radius 3 is 2.43 bits per heavy atom. The van der Waals surface area contributed by atoms with Crippen molar-refractivity contribution >= 4 is 18.1 Å². The van der Waals surface area contributed by atoms with Crippen molar-refractivity contribution in [2.24, 2.45) is 5.73 Å². The molecule has 2 atom stereocenters. The van der Waals surface area contributed by atoms with Gasteiger partial charge in [0.1, 0.15) is 6.29 Å². The molecule has 2 amide bonds. The van der Waals surface area contributed by atoms with E-state index in [4.69, 9.17) is 5.73 Å². The van der Waals surface area contributed by atoms with E-state index in [0.717, 1.165) is 0 Å². The molecule has 0 unspecified atom stereocenters. The molecule has 0 saturated carbocycles. The lowest BCUT2D eigenvalue weighted by Gasteiger charge is -2.09. The molecule has 0 aromatic carbocycles. The predicted octanol–water partition coefficient (Wildman–Crippen LogP) is -1.85. The van der Waals surface area contributed by atoms with Crippen LogP contribution in [0.15, 0.2) is 0 Å². The van der Waals surface area contributed by atoms with E-state index in [1.165, 1.54) is 13.8 Å². The summed E-state index contributed by atoms with van der Waals surface area (Å²) in [6, 6.07) is -1.19. The van der Waals surface area contributed by atoms with Crippen LogP contribution < -0.4 is 16.4 Å². The zero-order chi connectivity index (χ0) is 11.1. The standard InChI is InChI=1S/C8H15N3O3/c1-5(4-12)11-7(13)3-10-8(14)6(2)9/h4-6H,3,9H2,1-2H3,(H,10,14)(H,11,13)/t5-,6-/m0/s1. The predicted molar refractivity (Wildman–Crippen MR) is 50.3 cm³/mol. The number of carbonyl (C=O) groups is 3. The van der Waals surface area contributed by atoms with Gasteiger partial charge in [-0.05, 0) is 13.8 Å². The van der Waals surface area contributed by atoms with Crippen LogP contribution in [0.5, 0.6) is 0 Å². The Morgan fingerprint density at radius 2 is 2.00 bits per heavy atom. The second kappa shape index (κ2) is 6.09. The lowest BCUT2D eigenvalue weighted by atomic mass is 10.3. The molecular weight excluding hydrogens is 186 g/mol. The fourth-order valence-electron chi connectivity index (χ4n) is 0.667. The van der Waals surface area contributed by atoms with Gasteiger partial charge in [0.05, 0.1) is 18.6 Å². The third-order valence-corrected chi connectivity index (χ3v) is 1.43. The first-order chi connectivity index (χ1) is 6.47. The van der Waals surface area contributed by atoms with Crippen LogP contribution in [0.4, 0.5) is 0 Å². The fourth-order valence-corrected chi connectivity index (χ4v) is 0.667. The topological polar surface area (TPSA) is 101 Å². The van der Waals surface area contributed by atoms with E-state index in [-0.39, 0.29) is 6.54 Å². The van der Waals surface area contributed by atoms with Crippen molar-refractivity contribution in [3.8, 4) is 0 Å². The second-order valence-electron chi connectivity index (χ2n) is 3.00. The fraction of sp³-hybridized carbons (Fsp3) is 0.625. The van der Waals surface area contributed by atoms with E-state index in [9.17, 15) is 14.4 Å². The Bertz CT molecular complexity index is 228. The Hall–Kier alpha value is -1.43. The quantitative estimate of drug-likeness (QED) is 0.454. The van der Waals surface area contributed by atoms with Crippen LogP contribution in [0.2, 0.25) is 0 Å². The van der Waals surface area contributed by atoms with Crippen LogP contribution >= 0.6 is 0 Å². The SMILES string of the molecule is C[C@H](N)C(=O)NCC(=O)N[C@@H](C)C=O. The van der Waals surface area contributed by atoms with Crippen molar-refractivity contribution < 1.29 is 14.4 Å². The first-order valence-electron chi connectivity index (χ1n) is 4.25. The van der Waals surface area contributed by atoms with Crippen molar-refractivity contribution in [3.05, 3.63) is 0 Å². The number of nitrogens with one attached hydrogen (secondary N) is 2. The number of hydrogen-bond donors (Lipinski definition) is 3. The van der Waals surface area contributed by atoms with Gasteiger partial charge in [-0.15, -0.1) is 0 Å². The Morgan fingerprint density at radius 1 is 1.43 bits per heavy atom. The van der Waals surface area contributed by atoms with E-state index >= 15 is 0 Å². The summed E-state index contributed by atoms with van der Waals surface area (Å²) in [5.74, 6) is -0.822. The van der Waals surface area contributed by atoms with Gasteiger partial charge in [0, 0.05) is 0 Å². The smallest absolute Gasteiger partial charge is 0.239 e. The molecule has 0 bridgehead atoms. The Balaban J connectivity index is 3.74. The van der Waals surface area contributed by atoms with E-state index in [2.05, 4.69) is 10.6 Å². The average molecular weight is 201 g/mol. The van der Waals surface area contributed by atoms with Crippen LogP contribution in [-0.2, 0) is 14.4 Å². The Kier molecular flexibility index (Phi) is 5.47. The van der Waals surface area contributed by atoms with Crippen LogP contribution in [0.25, 0.3) is 0 Å². The van der Waals surface area contributed by atoms with Gasteiger partial charge in [0.15, 0.2) is 0 Å². The van der Waals surface area contributed by atoms with E-state index in [0.29, 0.717) is 6.29 Å². The van der Waals surface area contributed by atoms with Gasteiger partial charge in [0.25, 0.3) is 0 Å². The maximum absolute atomic E-state index is 11.0. The number of amides is 2. The average Bonchev–Trinajstić information content (AvgIpc) is 2.13. The summed E-state index contributed by atoms with van der Waals surface area (Å²) in [6.45, 7) is 2.89. The molecule has 0 aromatic rings. The Labute approximate surface area is 82.2 Å². The van der Waals surface area contributed by atoms with Gasteiger partial charge >= 0.3 is 0 Å². The minimum Gasteiger partial charge on any atom is -0.346 e. The molecule has 0 heterocycles. The van der Waals surface area contributed by atoms with Crippen LogP contribution in [0.3, 0.4) is 0 Å². The van der Waals surface area contributed by atoms with Crippen molar-refractivity contribution in [2.45, 2.75) is 25.9 Å². The number of hydrogen-bond acceptors (Lipinski definition) is 4. The number of rotatable bonds is 5. The van der Waals surface area contributed by atoms with Gasteiger partial charge in [0.2, 0.25) is 11.8 Å². The number of carbonyl (C=O) groups excluding carboxylic acids is 3. The first kappa shape index (κ1) is 12.6. The van der Waals surface area contributed by atoms with Gasteiger partial charge in [-0.1, -0.05) is 0 Å². The molecular formula is C8H15N3O3. The van der Waals surface area contributed by atoms with E-state index < -0.39 is 23.9 Å². The molecule has 0 saturated heterocycles. The third kappa shape index (κ3) is 5.26. The molecule has 0 fully saturated rings. The molecule has 0 spiro atoms. The van der Waals surface area contributed by atoms with Gasteiger partial charge in [-0.25, -0.2) is 0 Å². The monoisotopic (exact) mass is 201 g/mol. The highest BCUT2D eigenvalue weighted by atomic mass is 16.2. The summed E-state index contributed by atoms with van der Waals surface area (Å²) in [4.78, 5) is 32.1. The van der Waals surface area contributed by atoms with Crippen LogP contribution in [0.1, 0.15) is 13.8 Å². The lowest BCUT2D eigenvalue weighted by Crippen LogP contribution is -2.45. The van der Waals surface area contributed by atoms with Crippen molar-refractivity contribution in [3.63, 3.8) is 0 Å². The zero-order valence-corrected chi connectivity index (χ0v) is 8.24. The normalized spacial score (nSPS) is 13.9. The minimum absolute atomic E-state index is 0.168. The highest BCUT2D eigenvalue weighted by Crippen LogP contribution is 1.77. The van der Waals surface area contributed by atoms with Crippen molar-refractivity contribution in [2.75, 3.05) is 6.54 Å². The van der Waals surface area contributed by atoms with Gasteiger partial charge in [-0.2, -0.15) is 0 Å². The molecule has 80 valence electrons. The van der Waals surface area contributed by atoms with Crippen molar-refractivity contribution in [1.29, 1.82) is 0 Å². The van der Waals surface area contributed by atoms with Crippen molar-refractivity contribution in [1.82, 2.24) is 10.6 Å². The molecule has 0 radical (unpaired) electrons. The van der Waals surface area contributed by atoms with Gasteiger partial charge < -0.3 is 21.2 Å². The van der Waals surface area contributed by atoms with E-state index in [1.54, 1.807) is 0 Å². The molecule has 0 aliphatic heterocycles. The van der Waals surface area contributed by atoms with Crippen LogP contribution in [0, 0.1) is 0 Å². The molecule has 0 aliphatic rings. The first-order valence-corrected chi connectivity index (χ1v) is 4.25. The molecule has 14 heavy (non-hydrogen) atoms. The summed E-state index contributed by atoms with van der Waals surface area (Å²) >= 11 is 0. The summed E-state index contributed by atoms with van der Waals surface area (Å²) in [5, 5.41) is 4.68. The minimum atomic E-state index is -0.647. The summed E-state index contributed by atoms with van der Waals surface area (Å²) < 4.78 is 0. The third-order valence-electron chi connectivity index (χ3n) is 1.43. The highest BCUT2D eigenvalue weighted by Gasteiger charge is 2.10. The summed E-state index contributed by atoms with van der Waals surface area (Å²) in [6.07, 6.45) is 0.602. The number of nitrogens with two attached hydrogens (primary N) is 1. The lowest BCUT2D eigenvalue weighted by molar-refractivity contribution is -0.127. The summed E-state index contributed by atoms with van der Waals surface area (Å²) in [7, 11) is 0. The van der Waals surface area contributed by atoms with Crippen LogP contribution in [-0.4, -0.2) is 36.7 Å². The molecule has 6 nitrogen and oxygen atoms in total. The highest BCUT2D eigenvalue weighted by molar-refractivity contribution is 5.87. The maximum Gasteiger partial charge on any atom is 0.239 e. The molecule has 0 aromatic heterocycles. The molecule has 0 rings (SSSR count).